The van der Waals surface area contributed by atoms with E-state index in [-0.39, 0.29) is 42.5 Å². The van der Waals surface area contributed by atoms with Crippen molar-refractivity contribution in [3.05, 3.63) is 35.1 Å². The number of nitriles is 1. The van der Waals surface area contributed by atoms with Crippen LogP contribution in [-0.4, -0.2) is 35.6 Å². The quantitative estimate of drug-likeness (QED) is 0.861. The number of halogens is 1. The molecule has 0 aliphatic rings. The molecule has 110 valence electrons. The Balaban J connectivity index is 2.91. The van der Waals surface area contributed by atoms with Gasteiger partial charge in [0.1, 0.15) is 5.82 Å². The summed E-state index contributed by atoms with van der Waals surface area (Å²) in [6.45, 7) is 1.68. The summed E-state index contributed by atoms with van der Waals surface area (Å²) in [5.74, 6) is 4.31. The highest BCUT2D eigenvalue weighted by atomic mass is 19.1. The van der Waals surface area contributed by atoms with Crippen molar-refractivity contribution in [1.29, 1.82) is 5.26 Å². The van der Waals surface area contributed by atoms with Crippen LogP contribution in [0.2, 0.25) is 0 Å². The molecule has 1 unspecified atom stereocenters. The van der Waals surface area contributed by atoms with Crippen LogP contribution in [0.3, 0.4) is 0 Å². The molecule has 0 spiro atoms. The van der Waals surface area contributed by atoms with Crippen molar-refractivity contribution < 1.29 is 14.3 Å². The largest absolute Gasteiger partial charge is 0.395 e. The topological polar surface area (TPSA) is 64.3 Å². The molecule has 0 radical (unpaired) electrons. The number of carbonyl (C=O) groups is 1. The lowest BCUT2D eigenvalue weighted by Crippen LogP contribution is -2.34. The van der Waals surface area contributed by atoms with Crippen LogP contribution in [0.5, 0.6) is 0 Å². The highest BCUT2D eigenvalue weighted by Crippen LogP contribution is 2.13. The monoisotopic (exact) mass is 288 g/mol. The highest BCUT2D eigenvalue weighted by molar-refractivity contribution is 5.94. The first kappa shape index (κ1) is 16.7. The Morgan fingerprint density at radius 2 is 2.24 bits per heavy atom. The zero-order chi connectivity index (χ0) is 15.8. The van der Waals surface area contributed by atoms with Crippen LogP contribution < -0.4 is 0 Å². The van der Waals surface area contributed by atoms with Crippen LogP contribution in [0.25, 0.3) is 0 Å². The lowest BCUT2D eigenvalue weighted by Gasteiger charge is -2.23. The Labute approximate surface area is 123 Å². The fraction of sp³-hybridized carbons (Fsp3) is 0.375. The number of benzene rings is 1. The van der Waals surface area contributed by atoms with Gasteiger partial charge < -0.3 is 10.0 Å². The summed E-state index contributed by atoms with van der Waals surface area (Å²) < 4.78 is 13.9. The SMILES string of the molecule is CC(CC#N)N(C)C(=O)c1ccc(C#CCCO)c(F)c1. The van der Waals surface area contributed by atoms with E-state index < -0.39 is 5.82 Å². The van der Waals surface area contributed by atoms with Crippen molar-refractivity contribution in [3.63, 3.8) is 0 Å². The second-order valence-electron chi connectivity index (χ2n) is 4.60. The maximum absolute atomic E-state index is 13.9. The van der Waals surface area contributed by atoms with Gasteiger partial charge in [-0.05, 0) is 25.1 Å². The predicted molar refractivity (Wildman–Crippen MR) is 76.8 cm³/mol. The van der Waals surface area contributed by atoms with Crippen LogP contribution in [0.1, 0.15) is 35.7 Å². The molecular weight excluding hydrogens is 271 g/mol. The number of carbonyl (C=O) groups excluding carboxylic acids is 1. The Hall–Kier alpha value is -2.37. The average molecular weight is 288 g/mol. The van der Waals surface area contributed by atoms with Crippen LogP contribution in [0.4, 0.5) is 4.39 Å². The van der Waals surface area contributed by atoms with E-state index in [0.29, 0.717) is 0 Å². The Morgan fingerprint density at radius 1 is 1.52 bits per heavy atom. The minimum absolute atomic E-state index is 0.0766. The number of hydrogen-bond donors (Lipinski definition) is 1. The van der Waals surface area contributed by atoms with Gasteiger partial charge >= 0.3 is 0 Å². The van der Waals surface area contributed by atoms with E-state index >= 15 is 0 Å². The normalized spacial score (nSPS) is 11.0. The van der Waals surface area contributed by atoms with Crippen LogP contribution in [0, 0.1) is 29.0 Å². The van der Waals surface area contributed by atoms with E-state index in [2.05, 4.69) is 11.8 Å². The first-order chi connectivity index (χ1) is 10.0. The van der Waals surface area contributed by atoms with Gasteiger partial charge in [0.15, 0.2) is 0 Å². The summed E-state index contributed by atoms with van der Waals surface area (Å²) >= 11 is 0. The van der Waals surface area contributed by atoms with E-state index in [1.54, 1.807) is 14.0 Å². The molecule has 0 fully saturated rings. The van der Waals surface area contributed by atoms with E-state index in [1.807, 2.05) is 6.07 Å². The molecule has 0 heterocycles. The molecular formula is C16H17FN2O2. The molecule has 0 saturated carbocycles. The molecule has 0 aliphatic carbocycles. The summed E-state index contributed by atoms with van der Waals surface area (Å²) in [5.41, 5.74) is 0.403. The zero-order valence-corrected chi connectivity index (χ0v) is 12.1. The van der Waals surface area contributed by atoms with E-state index in [4.69, 9.17) is 10.4 Å². The van der Waals surface area contributed by atoms with Crippen LogP contribution >= 0.6 is 0 Å². The van der Waals surface area contributed by atoms with Crippen LogP contribution in [-0.2, 0) is 0 Å². The molecule has 1 amide bonds. The standard InChI is InChI=1S/C16H17FN2O2/c1-12(8-9-18)19(2)16(21)14-7-6-13(15(17)11-14)5-3-4-10-20/h6-7,11-12,20H,4,8,10H2,1-2H3. The van der Waals surface area contributed by atoms with Crippen molar-refractivity contribution in [2.45, 2.75) is 25.8 Å². The van der Waals surface area contributed by atoms with Gasteiger partial charge in [-0.1, -0.05) is 11.8 Å². The van der Waals surface area contributed by atoms with Gasteiger partial charge in [-0.25, -0.2) is 4.39 Å². The molecule has 0 saturated heterocycles. The number of aliphatic hydroxyl groups excluding tert-OH is 1. The van der Waals surface area contributed by atoms with Gasteiger partial charge in [0.2, 0.25) is 0 Å². The zero-order valence-electron chi connectivity index (χ0n) is 12.1. The molecule has 1 rings (SSSR count). The predicted octanol–water partition coefficient (Wildman–Crippen LogP) is 1.93. The minimum atomic E-state index is -0.576. The molecule has 0 bridgehead atoms. The number of hydrogen-bond acceptors (Lipinski definition) is 3. The minimum Gasteiger partial charge on any atom is -0.395 e. The van der Waals surface area contributed by atoms with Crippen molar-refractivity contribution in [1.82, 2.24) is 4.90 Å². The maximum Gasteiger partial charge on any atom is 0.253 e. The first-order valence-electron chi connectivity index (χ1n) is 6.54. The fourth-order valence-corrected chi connectivity index (χ4v) is 1.64. The van der Waals surface area contributed by atoms with Crippen molar-refractivity contribution in [2.24, 2.45) is 0 Å². The molecule has 21 heavy (non-hydrogen) atoms. The Kier molecular flexibility index (Phi) is 6.39. The van der Waals surface area contributed by atoms with Crippen molar-refractivity contribution in [3.8, 4) is 17.9 Å². The second-order valence-corrected chi connectivity index (χ2v) is 4.60. The van der Waals surface area contributed by atoms with Crippen LogP contribution in [0.15, 0.2) is 18.2 Å². The molecule has 0 aliphatic heterocycles. The summed E-state index contributed by atoms with van der Waals surface area (Å²) in [6, 6.07) is 5.84. The van der Waals surface area contributed by atoms with E-state index in [0.717, 1.165) is 6.07 Å². The van der Waals surface area contributed by atoms with Gasteiger partial charge in [0, 0.05) is 25.1 Å². The summed E-state index contributed by atoms with van der Waals surface area (Å²) in [4.78, 5) is 13.6. The van der Waals surface area contributed by atoms with Crippen molar-refractivity contribution >= 4 is 5.91 Å². The summed E-state index contributed by atoms with van der Waals surface area (Å²) in [5, 5.41) is 17.3. The maximum atomic E-state index is 13.9. The molecule has 5 heteroatoms. The summed E-state index contributed by atoms with van der Waals surface area (Å²) in [7, 11) is 1.58. The smallest absolute Gasteiger partial charge is 0.253 e. The van der Waals surface area contributed by atoms with Gasteiger partial charge in [-0.15, -0.1) is 0 Å². The average Bonchev–Trinajstić information content (AvgIpc) is 2.47. The van der Waals surface area contributed by atoms with Gasteiger partial charge in [-0.3, -0.25) is 4.79 Å². The van der Waals surface area contributed by atoms with E-state index in [1.165, 1.54) is 17.0 Å². The van der Waals surface area contributed by atoms with Gasteiger partial charge in [-0.2, -0.15) is 5.26 Å². The number of nitrogens with zero attached hydrogens (tertiary/aromatic N) is 2. The lowest BCUT2D eigenvalue weighted by atomic mass is 10.1. The third-order valence-corrected chi connectivity index (χ3v) is 3.04. The number of amides is 1. The lowest BCUT2D eigenvalue weighted by molar-refractivity contribution is 0.0745. The molecule has 1 N–H and O–H groups in total. The summed E-state index contributed by atoms with van der Waals surface area (Å²) in [6.07, 6.45) is 0.490. The Morgan fingerprint density at radius 3 is 2.81 bits per heavy atom. The third kappa shape index (κ3) is 4.59. The fourth-order valence-electron chi connectivity index (χ4n) is 1.64. The number of rotatable bonds is 4. The molecule has 1 aromatic rings. The Bertz CT molecular complexity index is 611. The molecule has 4 nitrogen and oxygen atoms in total. The number of aliphatic hydroxyl groups is 1. The van der Waals surface area contributed by atoms with E-state index in [9.17, 15) is 9.18 Å². The van der Waals surface area contributed by atoms with Gasteiger partial charge in [0.25, 0.3) is 5.91 Å². The van der Waals surface area contributed by atoms with Crippen molar-refractivity contribution in [2.75, 3.05) is 13.7 Å². The molecule has 1 atom stereocenters. The second kappa shape index (κ2) is 8.04. The molecule has 0 aromatic heterocycles. The van der Waals surface area contributed by atoms with Gasteiger partial charge in [0.05, 0.1) is 24.7 Å². The third-order valence-electron chi connectivity index (χ3n) is 3.04. The highest BCUT2D eigenvalue weighted by Gasteiger charge is 2.18. The molecule has 1 aromatic carbocycles. The first-order valence-corrected chi connectivity index (χ1v) is 6.54.